The first-order valence-electron chi connectivity index (χ1n) is 8.01. The van der Waals surface area contributed by atoms with Gasteiger partial charge in [0, 0.05) is 10.5 Å². The van der Waals surface area contributed by atoms with E-state index in [-0.39, 0.29) is 11.5 Å². The summed E-state index contributed by atoms with van der Waals surface area (Å²) in [6.07, 6.45) is 0.337. The zero-order valence-corrected chi connectivity index (χ0v) is 16.4. The Hall–Kier alpha value is -1.94. The fraction of sp³-hybridized carbons (Fsp3) is 0.438. The van der Waals surface area contributed by atoms with Gasteiger partial charge in [0.2, 0.25) is 5.91 Å². The number of rotatable bonds is 4. The second-order valence-corrected chi connectivity index (χ2v) is 9.77. The van der Waals surface area contributed by atoms with Crippen molar-refractivity contribution in [3.63, 3.8) is 0 Å². The number of nitrogens with zero attached hydrogens (tertiary/aromatic N) is 1. The van der Waals surface area contributed by atoms with E-state index in [2.05, 4.69) is 26.6 Å². The molecule has 2 saturated heterocycles. The van der Waals surface area contributed by atoms with Gasteiger partial charge in [-0.15, -0.1) is 0 Å². The van der Waals surface area contributed by atoms with Crippen LogP contribution in [0.25, 0.3) is 0 Å². The highest BCUT2D eigenvalue weighted by Crippen LogP contribution is 2.30. The van der Waals surface area contributed by atoms with Gasteiger partial charge in [-0.25, -0.2) is 13.2 Å². The number of halogens is 1. The molecule has 0 aromatic heterocycles. The Kier molecular flexibility index (Phi) is 4.82. The molecule has 10 heteroatoms. The lowest BCUT2D eigenvalue weighted by Gasteiger charge is -2.22. The molecule has 0 bridgehead atoms. The summed E-state index contributed by atoms with van der Waals surface area (Å²) in [5.74, 6) is -1.18. The van der Waals surface area contributed by atoms with Crippen molar-refractivity contribution >= 4 is 43.6 Å². The van der Waals surface area contributed by atoms with Gasteiger partial charge in [0.05, 0.1) is 11.5 Å². The standard InChI is InChI=1S/C16H18BrN3O5S/c1-16(10-3-2-4-11(17)7-10)14(22)20(15(23)19-16)8-13(21)18-12-5-6-26(24,25)9-12/h2-4,7,12H,5-6,8-9H2,1H3,(H,18,21)(H,19,23)/t12-,16+/m1/s1. The van der Waals surface area contributed by atoms with E-state index in [1.807, 2.05) is 0 Å². The van der Waals surface area contributed by atoms with Crippen molar-refractivity contribution in [1.29, 1.82) is 0 Å². The van der Waals surface area contributed by atoms with Crippen molar-refractivity contribution in [3.05, 3.63) is 34.3 Å². The number of carbonyl (C=O) groups is 3. The number of urea groups is 1. The highest BCUT2D eigenvalue weighted by Gasteiger charge is 2.49. The molecule has 2 N–H and O–H groups in total. The molecule has 3 rings (SSSR count). The molecule has 2 heterocycles. The predicted molar refractivity (Wildman–Crippen MR) is 96.9 cm³/mol. The summed E-state index contributed by atoms with van der Waals surface area (Å²) in [4.78, 5) is 38.0. The predicted octanol–water partition coefficient (Wildman–Crippen LogP) is 0.519. The van der Waals surface area contributed by atoms with Crippen LogP contribution < -0.4 is 10.6 Å². The molecule has 0 spiro atoms. The van der Waals surface area contributed by atoms with Gasteiger partial charge in [0.25, 0.3) is 5.91 Å². The average Bonchev–Trinajstić information content (AvgIpc) is 2.99. The van der Waals surface area contributed by atoms with Crippen LogP contribution in [0.2, 0.25) is 0 Å². The smallest absolute Gasteiger partial charge is 0.325 e. The van der Waals surface area contributed by atoms with Crippen LogP contribution in [0.15, 0.2) is 28.7 Å². The average molecular weight is 444 g/mol. The topological polar surface area (TPSA) is 113 Å². The van der Waals surface area contributed by atoms with E-state index in [1.54, 1.807) is 31.2 Å². The number of sulfone groups is 1. The maximum Gasteiger partial charge on any atom is 0.325 e. The number of hydrogen-bond donors (Lipinski definition) is 2. The van der Waals surface area contributed by atoms with Crippen LogP contribution in [0.5, 0.6) is 0 Å². The number of hydrogen-bond acceptors (Lipinski definition) is 5. The number of amides is 4. The first-order valence-corrected chi connectivity index (χ1v) is 10.6. The Morgan fingerprint density at radius 1 is 1.42 bits per heavy atom. The molecule has 0 aliphatic carbocycles. The van der Waals surface area contributed by atoms with Crippen molar-refractivity contribution in [2.45, 2.75) is 24.9 Å². The summed E-state index contributed by atoms with van der Waals surface area (Å²) in [6, 6.07) is 5.85. The van der Waals surface area contributed by atoms with Gasteiger partial charge in [-0.3, -0.25) is 14.5 Å². The molecule has 1 aromatic carbocycles. The van der Waals surface area contributed by atoms with Crippen LogP contribution in [-0.4, -0.2) is 55.3 Å². The summed E-state index contributed by atoms with van der Waals surface area (Å²) in [5, 5.41) is 5.21. The van der Waals surface area contributed by atoms with Crippen LogP contribution in [0.3, 0.4) is 0 Å². The van der Waals surface area contributed by atoms with Gasteiger partial charge in [0.1, 0.15) is 12.1 Å². The molecular weight excluding hydrogens is 426 g/mol. The lowest BCUT2D eigenvalue weighted by atomic mass is 9.92. The highest BCUT2D eigenvalue weighted by atomic mass is 79.9. The fourth-order valence-electron chi connectivity index (χ4n) is 3.16. The molecule has 140 valence electrons. The Morgan fingerprint density at radius 2 is 2.15 bits per heavy atom. The molecule has 2 atom stereocenters. The van der Waals surface area contributed by atoms with Crippen molar-refractivity contribution in [2.75, 3.05) is 18.1 Å². The number of carbonyl (C=O) groups excluding carboxylic acids is 3. The van der Waals surface area contributed by atoms with Gasteiger partial charge in [-0.05, 0) is 31.0 Å². The molecule has 1 aromatic rings. The first-order chi connectivity index (χ1) is 12.1. The fourth-order valence-corrected chi connectivity index (χ4v) is 5.23. The normalized spacial score (nSPS) is 27.5. The Balaban J connectivity index is 1.70. The van der Waals surface area contributed by atoms with E-state index >= 15 is 0 Å². The first kappa shape index (κ1) is 18.8. The summed E-state index contributed by atoms with van der Waals surface area (Å²) >= 11 is 3.33. The van der Waals surface area contributed by atoms with Gasteiger partial charge in [-0.1, -0.05) is 28.1 Å². The minimum atomic E-state index is -3.13. The van der Waals surface area contributed by atoms with Crippen molar-refractivity contribution in [2.24, 2.45) is 0 Å². The van der Waals surface area contributed by atoms with E-state index in [4.69, 9.17) is 0 Å². The van der Waals surface area contributed by atoms with Crippen molar-refractivity contribution < 1.29 is 22.8 Å². The minimum absolute atomic E-state index is 0.0298. The molecule has 8 nitrogen and oxygen atoms in total. The summed E-state index contributed by atoms with van der Waals surface area (Å²) in [6.45, 7) is 1.13. The van der Waals surface area contributed by atoms with Gasteiger partial charge in [0.15, 0.2) is 9.84 Å². The molecule has 4 amide bonds. The van der Waals surface area contributed by atoms with E-state index in [9.17, 15) is 22.8 Å². The third-order valence-corrected chi connectivity index (χ3v) is 6.84. The molecule has 0 saturated carbocycles. The van der Waals surface area contributed by atoms with E-state index in [1.165, 1.54) is 0 Å². The molecule has 0 unspecified atom stereocenters. The number of benzene rings is 1. The van der Waals surface area contributed by atoms with Crippen molar-refractivity contribution in [3.8, 4) is 0 Å². The maximum atomic E-state index is 12.8. The third-order valence-electron chi connectivity index (χ3n) is 4.58. The molecule has 2 aliphatic rings. The van der Waals surface area contributed by atoms with E-state index < -0.39 is 45.8 Å². The molecule has 2 fully saturated rings. The lowest BCUT2D eigenvalue weighted by Crippen LogP contribution is -2.45. The lowest BCUT2D eigenvalue weighted by molar-refractivity contribution is -0.135. The second kappa shape index (κ2) is 6.66. The molecule has 26 heavy (non-hydrogen) atoms. The van der Waals surface area contributed by atoms with Gasteiger partial charge < -0.3 is 10.6 Å². The monoisotopic (exact) mass is 443 g/mol. The SMILES string of the molecule is C[C@@]1(c2cccc(Br)c2)NC(=O)N(CC(=O)N[C@@H]2CCS(=O)(=O)C2)C1=O. The van der Waals surface area contributed by atoms with E-state index in [0.29, 0.717) is 12.0 Å². The summed E-state index contributed by atoms with van der Waals surface area (Å²) in [5.41, 5.74) is -0.673. The highest BCUT2D eigenvalue weighted by molar-refractivity contribution is 9.10. The quantitative estimate of drug-likeness (QED) is 0.658. The van der Waals surface area contributed by atoms with Gasteiger partial charge in [-0.2, -0.15) is 0 Å². The Bertz CT molecular complexity index is 888. The number of imide groups is 1. The van der Waals surface area contributed by atoms with Crippen LogP contribution in [-0.2, 0) is 25.0 Å². The summed E-state index contributed by atoms with van der Waals surface area (Å²) in [7, 11) is -3.13. The van der Waals surface area contributed by atoms with E-state index in [0.717, 1.165) is 9.37 Å². The zero-order valence-electron chi connectivity index (χ0n) is 14.0. The van der Waals surface area contributed by atoms with Crippen LogP contribution in [0.4, 0.5) is 4.79 Å². The molecule has 0 radical (unpaired) electrons. The number of nitrogens with one attached hydrogen (secondary N) is 2. The second-order valence-electron chi connectivity index (χ2n) is 6.62. The van der Waals surface area contributed by atoms with Gasteiger partial charge >= 0.3 is 6.03 Å². The third kappa shape index (κ3) is 3.61. The van der Waals surface area contributed by atoms with Crippen molar-refractivity contribution in [1.82, 2.24) is 15.5 Å². The Morgan fingerprint density at radius 3 is 2.77 bits per heavy atom. The largest absolute Gasteiger partial charge is 0.351 e. The van der Waals surface area contributed by atoms with Crippen LogP contribution in [0.1, 0.15) is 18.9 Å². The van der Waals surface area contributed by atoms with Crippen LogP contribution >= 0.6 is 15.9 Å². The van der Waals surface area contributed by atoms with Crippen LogP contribution in [0, 0.1) is 0 Å². The summed E-state index contributed by atoms with van der Waals surface area (Å²) < 4.78 is 23.7. The zero-order chi connectivity index (χ0) is 19.1. The maximum absolute atomic E-state index is 12.8. The minimum Gasteiger partial charge on any atom is -0.351 e. The molecule has 2 aliphatic heterocycles. The Labute approximate surface area is 159 Å². The molecular formula is C16H18BrN3O5S.